The topological polar surface area (TPSA) is 45.5 Å². The summed E-state index contributed by atoms with van der Waals surface area (Å²) >= 11 is 0. The number of nitrogens with one attached hydrogen (secondary N) is 1. The molecule has 0 aliphatic carbocycles. The fourth-order valence-corrected chi connectivity index (χ4v) is 2.10. The van der Waals surface area contributed by atoms with E-state index in [4.69, 9.17) is 4.42 Å². The number of amides is 2. The van der Waals surface area contributed by atoms with Crippen LogP contribution in [0.5, 0.6) is 0 Å². The normalized spacial score (nSPS) is 19.9. The highest BCUT2D eigenvalue weighted by atomic mass is 16.3. The van der Waals surface area contributed by atoms with E-state index in [1.165, 1.54) is 0 Å². The van der Waals surface area contributed by atoms with Crippen molar-refractivity contribution in [3.05, 3.63) is 24.2 Å². The van der Waals surface area contributed by atoms with Crippen molar-refractivity contribution in [1.29, 1.82) is 0 Å². The third-order valence-corrected chi connectivity index (χ3v) is 3.08. The van der Waals surface area contributed by atoms with Crippen LogP contribution in [0.15, 0.2) is 22.8 Å². The molecule has 1 aliphatic rings. The van der Waals surface area contributed by atoms with Crippen molar-refractivity contribution >= 4 is 6.03 Å². The Balaban J connectivity index is 1.83. The van der Waals surface area contributed by atoms with E-state index in [9.17, 15) is 4.79 Å². The molecule has 94 valence electrons. The van der Waals surface area contributed by atoms with E-state index in [0.717, 1.165) is 31.8 Å². The first-order chi connectivity index (χ1) is 8.16. The molecule has 0 bridgehead atoms. The molecular weight excluding hydrogens is 216 g/mol. The average Bonchev–Trinajstić information content (AvgIpc) is 2.94. The van der Waals surface area contributed by atoms with E-state index in [-0.39, 0.29) is 6.03 Å². The van der Waals surface area contributed by atoms with Crippen LogP contribution in [-0.2, 0) is 0 Å². The molecule has 2 heterocycles. The minimum absolute atomic E-state index is 0.0488. The van der Waals surface area contributed by atoms with Gasteiger partial charge in [0.15, 0.2) is 0 Å². The molecule has 1 N–H and O–H groups in total. The van der Waals surface area contributed by atoms with E-state index in [1.54, 1.807) is 6.26 Å². The first kappa shape index (κ1) is 12.0. The van der Waals surface area contributed by atoms with Crippen LogP contribution < -0.4 is 5.32 Å². The van der Waals surface area contributed by atoms with Crippen LogP contribution in [0.1, 0.15) is 31.9 Å². The van der Waals surface area contributed by atoms with E-state index in [1.807, 2.05) is 17.0 Å². The zero-order chi connectivity index (χ0) is 12.3. The Morgan fingerprint density at radius 3 is 3.12 bits per heavy atom. The minimum atomic E-state index is 0.0488. The first-order valence-electron chi connectivity index (χ1n) is 6.23. The van der Waals surface area contributed by atoms with Gasteiger partial charge in [-0.25, -0.2) is 4.79 Å². The Kier molecular flexibility index (Phi) is 3.71. The fraction of sp³-hybridized carbons (Fsp3) is 0.615. The third-order valence-electron chi connectivity index (χ3n) is 3.08. The predicted molar refractivity (Wildman–Crippen MR) is 65.9 cm³/mol. The van der Waals surface area contributed by atoms with Gasteiger partial charge in [-0.3, -0.25) is 0 Å². The molecule has 0 saturated carbocycles. The number of hydrogen-bond acceptors (Lipinski definition) is 2. The van der Waals surface area contributed by atoms with Gasteiger partial charge in [-0.2, -0.15) is 0 Å². The van der Waals surface area contributed by atoms with Crippen LogP contribution in [0.4, 0.5) is 4.79 Å². The molecule has 17 heavy (non-hydrogen) atoms. The summed E-state index contributed by atoms with van der Waals surface area (Å²) in [6.07, 6.45) is 2.68. The lowest BCUT2D eigenvalue weighted by Crippen LogP contribution is -2.39. The Hall–Kier alpha value is -1.45. The number of rotatable bonds is 3. The molecule has 1 saturated heterocycles. The van der Waals surface area contributed by atoms with Crippen LogP contribution in [-0.4, -0.2) is 30.6 Å². The summed E-state index contributed by atoms with van der Waals surface area (Å²) in [7, 11) is 0. The van der Waals surface area contributed by atoms with Gasteiger partial charge in [-0.1, -0.05) is 13.8 Å². The first-order valence-corrected chi connectivity index (χ1v) is 6.23. The number of nitrogens with zero attached hydrogens (tertiary/aromatic N) is 1. The molecule has 1 aromatic rings. The molecule has 4 nitrogen and oxygen atoms in total. The SMILES string of the molecule is CC(C)CNC(=O)N1CCC(c2ccco2)C1. The maximum atomic E-state index is 11.8. The van der Waals surface area contributed by atoms with Gasteiger partial charge in [-0.15, -0.1) is 0 Å². The fourth-order valence-electron chi connectivity index (χ4n) is 2.10. The smallest absolute Gasteiger partial charge is 0.317 e. The molecule has 1 aromatic heterocycles. The summed E-state index contributed by atoms with van der Waals surface area (Å²) < 4.78 is 5.39. The molecule has 0 spiro atoms. The molecule has 1 atom stereocenters. The third kappa shape index (κ3) is 3.02. The van der Waals surface area contributed by atoms with Crippen molar-refractivity contribution in [2.75, 3.05) is 19.6 Å². The number of hydrogen-bond donors (Lipinski definition) is 1. The van der Waals surface area contributed by atoms with Crippen LogP contribution >= 0.6 is 0 Å². The Labute approximate surface area is 102 Å². The second-order valence-corrected chi connectivity index (χ2v) is 5.03. The van der Waals surface area contributed by atoms with Crippen molar-refractivity contribution in [2.24, 2.45) is 5.92 Å². The van der Waals surface area contributed by atoms with Gasteiger partial charge < -0.3 is 14.6 Å². The largest absolute Gasteiger partial charge is 0.469 e. The molecule has 4 heteroatoms. The van der Waals surface area contributed by atoms with Crippen molar-refractivity contribution in [1.82, 2.24) is 10.2 Å². The summed E-state index contributed by atoms with van der Waals surface area (Å²) in [6.45, 7) is 6.50. The Morgan fingerprint density at radius 2 is 2.47 bits per heavy atom. The molecular formula is C13H20N2O2. The lowest BCUT2D eigenvalue weighted by Gasteiger charge is -2.17. The molecule has 0 radical (unpaired) electrons. The summed E-state index contributed by atoms with van der Waals surface area (Å²) in [6, 6.07) is 3.93. The molecule has 1 fully saturated rings. The zero-order valence-corrected chi connectivity index (χ0v) is 10.5. The van der Waals surface area contributed by atoms with Crippen LogP contribution in [0.25, 0.3) is 0 Å². The summed E-state index contributed by atoms with van der Waals surface area (Å²) in [4.78, 5) is 13.7. The standard InChI is InChI=1S/C13H20N2O2/c1-10(2)8-14-13(16)15-6-5-11(9-15)12-4-3-7-17-12/h3-4,7,10-11H,5-6,8-9H2,1-2H3,(H,14,16). The number of furan rings is 1. The lowest BCUT2D eigenvalue weighted by molar-refractivity contribution is 0.206. The van der Waals surface area contributed by atoms with Gasteiger partial charge in [-0.05, 0) is 24.5 Å². The Bertz CT molecular complexity index is 360. The van der Waals surface area contributed by atoms with Gasteiger partial charge >= 0.3 is 6.03 Å². The van der Waals surface area contributed by atoms with Crippen molar-refractivity contribution < 1.29 is 9.21 Å². The summed E-state index contributed by atoms with van der Waals surface area (Å²) in [5, 5.41) is 2.95. The number of carbonyl (C=O) groups is 1. The Morgan fingerprint density at radius 1 is 1.65 bits per heavy atom. The number of likely N-dealkylation sites (tertiary alicyclic amines) is 1. The molecule has 1 aliphatic heterocycles. The summed E-state index contributed by atoms with van der Waals surface area (Å²) in [5.41, 5.74) is 0. The highest BCUT2D eigenvalue weighted by molar-refractivity contribution is 5.74. The monoisotopic (exact) mass is 236 g/mol. The molecule has 0 aromatic carbocycles. The van der Waals surface area contributed by atoms with Gasteiger partial charge in [0, 0.05) is 25.6 Å². The van der Waals surface area contributed by atoms with Crippen molar-refractivity contribution in [3.8, 4) is 0 Å². The lowest BCUT2D eigenvalue weighted by atomic mass is 10.1. The molecule has 2 amide bonds. The zero-order valence-electron chi connectivity index (χ0n) is 10.5. The maximum absolute atomic E-state index is 11.8. The van der Waals surface area contributed by atoms with Gasteiger partial charge in [0.1, 0.15) is 5.76 Å². The second-order valence-electron chi connectivity index (χ2n) is 5.03. The maximum Gasteiger partial charge on any atom is 0.317 e. The number of carbonyl (C=O) groups excluding carboxylic acids is 1. The molecule has 2 rings (SSSR count). The van der Waals surface area contributed by atoms with E-state index < -0.39 is 0 Å². The van der Waals surface area contributed by atoms with Gasteiger partial charge in [0.25, 0.3) is 0 Å². The number of urea groups is 1. The summed E-state index contributed by atoms with van der Waals surface area (Å²) in [5.74, 6) is 1.83. The van der Waals surface area contributed by atoms with Gasteiger partial charge in [0.2, 0.25) is 0 Å². The highest BCUT2D eigenvalue weighted by Gasteiger charge is 2.28. The van der Waals surface area contributed by atoms with Crippen LogP contribution in [0.2, 0.25) is 0 Å². The van der Waals surface area contributed by atoms with E-state index >= 15 is 0 Å². The van der Waals surface area contributed by atoms with Gasteiger partial charge in [0.05, 0.1) is 6.26 Å². The predicted octanol–water partition coefficient (Wildman–Crippen LogP) is 2.43. The van der Waals surface area contributed by atoms with Crippen LogP contribution in [0, 0.1) is 5.92 Å². The minimum Gasteiger partial charge on any atom is -0.469 e. The quantitative estimate of drug-likeness (QED) is 0.876. The average molecular weight is 236 g/mol. The van der Waals surface area contributed by atoms with Crippen molar-refractivity contribution in [2.45, 2.75) is 26.2 Å². The highest BCUT2D eigenvalue weighted by Crippen LogP contribution is 2.27. The van der Waals surface area contributed by atoms with Crippen LogP contribution in [0.3, 0.4) is 0 Å². The van der Waals surface area contributed by atoms with E-state index in [2.05, 4.69) is 19.2 Å². The second kappa shape index (κ2) is 5.25. The van der Waals surface area contributed by atoms with Crippen molar-refractivity contribution in [3.63, 3.8) is 0 Å². The molecule has 1 unspecified atom stereocenters. The van der Waals surface area contributed by atoms with E-state index in [0.29, 0.717) is 11.8 Å².